The number of alkyl halides is 1. The lowest BCUT2D eigenvalue weighted by molar-refractivity contribution is 0.724. The zero-order valence-corrected chi connectivity index (χ0v) is 10.00. The number of aryl methyl sites for hydroxylation is 1. The van der Waals surface area contributed by atoms with Crippen molar-refractivity contribution in [3.05, 3.63) is 28.0 Å². The summed E-state index contributed by atoms with van der Waals surface area (Å²) < 4.78 is 0. The molecule has 0 bridgehead atoms. The van der Waals surface area contributed by atoms with Crippen molar-refractivity contribution < 1.29 is 0 Å². The minimum absolute atomic E-state index is 0.244. The molecule has 1 aliphatic rings. The molecule has 1 heterocycles. The van der Waals surface area contributed by atoms with E-state index in [2.05, 4.69) is 24.4 Å². The summed E-state index contributed by atoms with van der Waals surface area (Å²) in [7, 11) is 0. The summed E-state index contributed by atoms with van der Waals surface area (Å²) in [4.78, 5) is 1.44. The van der Waals surface area contributed by atoms with Gasteiger partial charge in [-0.2, -0.15) is 0 Å². The topological polar surface area (TPSA) is 0 Å². The zero-order chi connectivity index (χ0) is 9.97. The number of rotatable bonds is 1. The standard InChI is InChI=1S/C12H15ClS/c1-9-6-7-14-12(9)10-4-2-3-5-11(13)8-10/h6-8,11H,2-5H2,1H3. The van der Waals surface area contributed by atoms with Crippen molar-refractivity contribution in [3.8, 4) is 0 Å². The molecule has 0 aromatic carbocycles. The smallest absolute Gasteiger partial charge is 0.0522 e. The predicted octanol–water partition coefficient (Wildman–Crippen LogP) is 4.62. The van der Waals surface area contributed by atoms with E-state index in [1.54, 1.807) is 0 Å². The van der Waals surface area contributed by atoms with Crippen molar-refractivity contribution >= 4 is 28.5 Å². The van der Waals surface area contributed by atoms with Crippen molar-refractivity contribution in [2.24, 2.45) is 0 Å². The second kappa shape index (κ2) is 4.50. The van der Waals surface area contributed by atoms with Crippen molar-refractivity contribution in [3.63, 3.8) is 0 Å². The zero-order valence-electron chi connectivity index (χ0n) is 8.42. The molecule has 0 aliphatic heterocycles. The second-order valence-corrected chi connectivity index (χ2v) is 5.36. The number of halogens is 1. The maximum Gasteiger partial charge on any atom is 0.0522 e. The van der Waals surface area contributed by atoms with Crippen LogP contribution < -0.4 is 0 Å². The Morgan fingerprint density at radius 1 is 1.43 bits per heavy atom. The third-order valence-electron chi connectivity index (χ3n) is 2.71. The van der Waals surface area contributed by atoms with Crippen LogP contribution in [0.2, 0.25) is 0 Å². The SMILES string of the molecule is Cc1ccsc1C1=CC(Cl)CCCC1. The van der Waals surface area contributed by atoms with Crippen molar-refractivity contribution in [1.82, 2.24) is 0 Å². The molecule has 0 radical (unpaired) electrons. The van der Waals surface area contributed by atoms with Crippen LogP contribution in [0.3, 0.4) is 0 Å². The molecular weight excluding hydrogens is 212 g/mol. The normalized spacial score (nSPS) is 23.0. The van der Waals surface area contributed by atoms with E-state index in [4.69, 9.17) is 11.6 Å². The Bertz CT molecular complexity index is 338. The summed E-state index contributed by atoms with van der Waals surface area (Å²) in [6.45, 7) is 2.18. The Morgan fingerprint density at radius 2 is 2.29 bits per heavy atom. The maximum absolute atomic E-state index is 6.21. The molecule has 0 N–H and O–H groups in total. The van der Waals surface area contributed by atoms with Gasteiger partial charge in [-0.1, -0.05) is 12.5 Å². The fraction of sp³-hybridized carbons (Fsp3) is 0.500. The molecule has 0 fully saturated rings. The first-order chi connectivity index (χ1) is 6.77. The monoisotopic (exact) mass is 226 g/mol. The molecule has 2 heteroatoms. The first-order valence-corrected chi connectivity index (χ1v) is 6.48. The summed E-state index contributed by atoms with van der Waals surface area (Å²) in [5, 5.41) is 2.41. The molecule has 0 spiro atoms. The molecule has 0 amide bonds. The molecule has 1 aliphatic carbocycles. The Hall–Kier alpha value is -0.270. The van der Waals surface area contributed by atoms with Gasteiger partial charge in [0.15, 0.2) is 0 Å². The van der Waals surface area contributed by atoms with Gasteiger partial charge in [-0.15, -0.1) is 22.9 Å². The van der Waals surface area contributed by atoms with Gasteiger partial charge in [0.05, 0.1) is 5.38 Å². The predicted molar refractivity (Wildman–Crippen MR) is 65.1 cm³/mol. The van der Waals surface area contributed by atoms with E-state index in [1.807, 2.05) is 11.3 Å². The highest BCUT2D eigenvalue weighted by atomic mass is 35.5. The highest BCUT2D eigenvalue weighted by Gasteiger charge is 2.13. The molecule has 1 aromatic rings. The average Bonchev–Trinajstić information content (AvgIpc) is 2.45. The molecular formula is C12H15ClS. The van der Waals surface area contributed by atoms with Crippen LogP contribution in [-0.4, -0.2) is 5.38 Å². The lowest BCUT2D eigenvalue weighted by Gasteiger charge is -2.04. The number of allylic oxidation sites excluding steroid dienone is 2. The fourth-order valence-corrected chi connectivity index (χ4v) is 3.22. The fourth-order valence-electron chi connectivity index (χ4n) is 1.93. The van der Waals surface area contributed by atoms with Crippen LogP contribution in [0.4, 0.5) is 0 Å². The number of hydrogen-bond donors (Lipinski definition) is 0. The minimum atomic E-state index is 0.244. The van der Waals surface area contributed by atoms with Crippen LogP contribution in [-0.2, 0) is 0 Å². The van der Waals surface area contributed by atoms with E-state index in [1.165, 1.54) is 35.3 Å². The van der Waals surface area contributed by atoms with Gasteiger partial charge in [0.1, 0.15) is 0 Å². The molecule has 76 valence electrons. The van der Waals surface area contributed by atoms with Gasteiger partial charge in [-0.3, -0.25) is 0 Å². The molecule has 1 unspecified atom stereocenters. The quantitative estimate of drug-likeness (QED) is 0.613. The van der Waals surface area contributed by atoms with E-state index in [9.17, 15) is 0 Å². The van der Waals surface area contributed by atoms with Crippen molar-refractivity contribution in [2.45, 2.75) is 38.0 Å². The van der Waals surface area contributed by atoms with E-state index >= 15 is 0 Å². The van der Waals surface area contributed by atoms with Gasteiger partial charge >= 0.3 is 0 Å². The van der Waals surface area contributed by atoms with Gasteiger partial charge in [0, 0.05) is 4.88 Å². The summed E-state index contributed by atoms with van der Waals surface area (Å²) in [6.07, 6.45) is 7.14. The maximum atomic E-state index is 6.21. The minimum Gasteiger partial charge on any atom is -0.144 e. The molecule has 1 aromatic heterocycles. The summed E-state index contributed by atoms with van der Waals surface area (Å²) in [5.74, 6) is 0. The van der Waals surface area contributed by atoms with Crippen LogP contribution in [0.15, 0.2) is 17.5 Å². The average molecular weight is 227 g/mol. The highest BCUT2D eigenvalue weighted by molar-refractivity contribution is 7.11. The van der Waals surface area contributed by atoms with E-state index in [-0.39, 0.29) is 5.38 Å². The molecule has 0 nitrogen and oxygen atoms in total. The number of thiophene rings is 1. The van der Waals surface area contributed by atoms with Crippen LogP contribution in [0.1, 0.15) is 36.1 Å². The summed E-state index contributed by atoms with van der Waals surface area (Å²) in [5.41, 5.74) is 2.86. The summed E-state index contributed by atoms with van der Waals surface area (Å²) in [6, 6.07) is 2.19. The Morgan fingerprint density at radius 3 is 3.00 bits per heavy atom. The molecule has 14 heavy (non-hydrogen) atoms. The van der Waals surface area contributed by atoms with Crippen LogP contribution >= 0.6 is 22.9 Å². The Balaban J connectivity index is 2.28. The van der Waals surface area contributed by atoms with E-state index in [0.29, 0.717) is 0 Å². The van der Waals surface area contributed by atoms with Crippen LogP contribution in [0.25, 0.3) is 5.57 Å². The molecule has 0 saturated carbocycles. The van der Waals surface area contributed by atoms with Crippen molar-refractivity contribution in [2.75, 3.05) is 0 Å². The summed E-state index contributed by atoms with van der Waals surface area (Å²) >= 11 is 8.05. The Labute approximate surface area is 94.6 Å². The number of hydrogen-bond acceptors (Lipinski definition) is 1. The first kappa shape index (κ1) is 10.3. The lowest BCUT2D eigenvalue weighted by Crippen LogP contribution is -1.91. The van der Waals surface area contributed by atoms with Gasteiger partial charge in [0.25, 0.3) is 0 Å². The van der Waals surface area contributed by atoms with Gasteiger partial charge < -0.3 is 0 Å². The molecule has 1 atom stereocenters. The lowest BCUT2D eigenvalue weighted by atomic mass is 10.1. The van der Waals surface area contributed by atoms with E-state index < -0.39 is 0 Å². The van der Waals surface area contributed by atoms with Crippen LogP contribution in [0.5, 0.6) is 0 Å². The van der Waals surface area contributed by atoms with Gasteiger partial charge in [-0.25, -0.2) is 0 Å². The highest BCUT2D eigenvalue weighted by Crippen LogP contribution is 2.32. The van der Waals surface area contributed by atoms with Gasteiger partial charge in [-0.05, 0) is 48.8 Å². The van der Waals surface area contributed by atoms with E-state index in [0.717, 1.165) is 6.42 Å². The van der Waals surface area contributed by atoms with Crippen LogP contribution in [0, 0.1) is 6.92 Å². The van der Waals surface area contributed by atoms with Crippen molar-refractivity contribution in [1.29, 1.82) is 0 Å². The molecule has 0 saturated heterocycles. The Kier molecular flexibility index (Phi) is 3.30. The third kappa shape index (κ3) is 2.21. The second-order valence-electron chi connectivity index (χ2n) is 3.89. The first-order valence-electron chi connectivity index (χ1n) is 5.16. The largest absolute Gasteiger partial charge is 0.144 e. The van der Waals surface area contributed by atoms with Gasteiger partial charge in [0.2, 0.25) is 0 Å². The third-order valence-corrected chi connectivity index (χ3v) is 4.15. The molecule has 2 rings (SSSR count).